The zero-order chi connectivity index (χ0) is 21.0. The normalized spacial score (nSPS) is 14.5. The van der Waals surface area contributed by atoms with Gasteiger partial charge in [0.25, 0.3) is 0 Å². The van der Waals surface area contributed by atoms with E-state index in [1.165, 1.54) is 0 Å². The summed E-state index contributed by atoms with van der Waals surface area (Å²) in [6.07, 6.45) is -3.58. The molecule has 0 atom stereocenters. The third-order valence-corrected chi connectivity index (χ3v) is 4.67. The average molecular weight is 447 g/mol. The van der Waals surface area contributed by atoms with Crippen LogP contribution >= 0.6 is 23.2 Å². The van der Waals surface area contributed by atoms with E-state index in [-0.39, 0.29) is 10.8 Å². The lowest BCUT2D eigenvalue weighted by Crippen LogP contribution is -2.35. The van der Waals surface area contributed by atoms with Crippen LogP contribution in [0.2, 0.25) is 10.0 Å². The zero-order valence-corrected chi connectivity index (χ0v) is 16.4. The molecule has 11 heteroatoms. The van der Waals surface area contributed by atoms with E-state index in [2.05, 4.69) is 15.5 Å². The summed E-state index contributed by atoms with van der Waals surface area (Å²) in [6, 6.07) is 7.35. The molecule has 0 aliphatic carbocycles. The van der Waals surface area contributed by atoms with Crippen LogP contribution in [0.15, 0.2) is 41.7 Å². The number of carbonyl (C=O) groups is 1. The van der Waals surface area contributed by atoms with Gasteiger partial charge in [0, 0.05) is 42.8 Å². The zero-order valence-electron chi connectivity index (χ0n) is 14.8. The van der Waals surface area contributed by atoms with Gasteiger partial charge in [-0.15, -0.1) is 0 Å². The number of hydrogen-bond acceptors (Lipinski definition) is 5. The van der Waals surface area contributed by atoms with Gasteiger partial charge in [0.05, 0.1) is 16.3 Å². The van der Waals surface area contributed by atoms with Crippen LogP contribution in [0.1, 0.15) is 18.4 Å². The molecule has 1 aromatic heterocycles. The van der Waals surface area contributed by atoms with Gasteiger partial charge in [-0.3, -0.25) is 10.2 Å². The highest BCUT2D eigenvalue weighted by atomic mass is 35.5. The van der Waals surface area contributed by atoms with Crippen molar-refractivity contribution in [2.45, 2.75) is 19.0 Å². The van der Waals surface area contributed by atoms with Gasteiger partial charge in [-0.2, -0.15) is 13.2 Å². The first-order valence-electron chi connectivity index (χ1n) is 8.49. The Morgan fingerprint density at radius 1 is 1.17 bits per heavy atom. The number of rotatable bonds is 3. The molecule has 29 heavy (non-hydrogen) atoms. The Kier molecular flexibility index (Phi) is 6.49. The van der Waals surface area contributed by atoms with Crippen molar-refractivity contribution >= 4 is 46.5 Å². The molecule has 2 aromatic rings. The van der Waals surface area contributed by atoms with Crippen molar-refractivity contribution in [2.75, 3.05) is 23.3 Å². The number of aromatic nitrogens is 1. The topological polar surface area (TPSA) is 66.8 Å². The highest BCUT2D eigenvalue weighted by Gasteiger charge is 2.32. The summed E-state index contributed by atoms with van der Waals surface area (Å²) in [7, 11) is 0. The SMILES string of the molecule is O=C(Nc1ccc(Cl)cc1)ON=C1CCN(c2ncc(C(F)(F)F)cc2Cl)CC1. The van der Waals surface area contributed by atoms with E-state index in [0.29, 0.717) is 42.4 Å². The van der Waals surface area contributed by atoms with Crippen LogP contribution in [0.3, 0.4) is 0 Å². The highest BCUT2D eigenvalue weighted by Crippen LogP contribution is 2.34. The number of pyridine rings is 1. The Bertz CT molecular complexity index is 910. The highest BCUT2D eigenvalue weighted by molar-refractivity contribution is 6.33. The number of halogens is 5. The molecular formula is C18H15Cl2F3N4O2. The quantitative estimate of drug-likeness (QED) is 0.491. The summed E-state index contributed by atoms with van der Waals surface area (Å²) >= 11 is 11.7. The standard InChI is InChI=1S/C18H15Cl2F3N4O2/c19-12-1-3-13(4-2-12)25-17(28)29-26-14-5-7-27(8-6-14)16-15(20)9-11(10-24-16)18(21,22)23/h1-4,9-10H,5-8H2,(H,25,28). The Balaban J connectivity index is 1.53. The summed E-state index contributed by atoms with van der Waals surface area (Å²) in [5.74, 6) is 0.278. The lowest BCUT2D eigenvalue weighted by atomic mass is 10.1. The molecule has 0 bridgehead atoms. The number of amides is 1. The average Bonchev–Trinajstić information content (AvgIpc) is 2.68. The predicted molar refractivity (Wildman–Crippen MR) is 105 cm³/mol. The molecule has 0 spiro atoms. The third-order valence-electron chi connectivity index (χ3n) is 4.14. The lowest BCUT2D eigenvalue weighted by molar-refractivity contribution is -0.137. The molecule has 0 radical (unpaired) electrons. The first-order valence-corrected chi connectivity index (χ1v) is 9.25. The number of nitrogens with one attached hydrogen (secondary N) is 1. The van der Waals surface area contributed by atoms with Gasteiger partial charge in [-0.05, 0) is 30.3 Å². The van der Waals surface area contributed by atoms with E-state index in [1.54, 1.807) is 29.2 Å². The summed E-state index contributed by atoms with van der Waals surface area (Å²) < 4.78 is 38.2. The van der Waals surface area contributed by atoms with Gasteiger partial charge in [-0.25, -0.2) is 9.78 Å². The van der Waals surface area contributed by atoms with Crippen molar-refractivity contribution in [2.24, 2.45) is 5.16 Å². The van der Waals surface area contributed by atoms with Gasteiger partial charge in [-0.1, -0.05) is 28.4 Å². The fourth-order valence-electron chi connectivity index (χ4n) is 2.67. The van der Waals surface area contributed by atoms with Crippen LogP contribution in [0.25, 0.3) is 0 Å². The van der Waals surface area contributed by atoms with Crippen molar-refractivity contribution in [3.63, 3.8) is 0 Å². The molecular weight excluding hydrogens is 432 g/mol. The Morgan fingerprint density at radius 3 is 2.41 bits per heavy atom. The van der Waals surface area contributed by atoms with Crippen molar-refractivity contribution < 1.29 is 22.8 Å². The monoisotopic (exact) mass is 446 g/mol. The van der Waals surface area contributed by atoms with E-state index < -0.39 is 17.8 Å². The summed E-state index contributed by atoms with van der Waals surface area (Å²) in [5.41, 5.74) is 0.263. The molecule has 1 aromatic carbocycles. The molecule has 154 valence electrons. The second-order valence-electron chi connectivity index (χ2n) is 6.18. The van der Waals surface area contributed by atoms with Crippen molar-refractivity contribution in [3.8, 4) is 0 Å². The second kappa shape index (κ2) is 8.87. The maximum Gasteiger partial charge on any atom is 0.437 e. The number of piperidine rings is 1. The fraction of sp³-hybridized carbons (Fsp3) is 0.278. The second-order valence-corrected chi connectivity index (χ2v) is 7.03. The van der Waals surface area contributed by atoms with Crippen LogP contribution in [0.4, 0.5) is 29.5 Å². The molecule has 3 rings (SSSR count). The van der Waals surface area contributed by atoms with E-state index >= 15 is 0 Å². The van der Waals surface area contributed by atoms with E-state index in [9.17, 15) is 18.0 Å². The van der Waals surface area contributed by atoms with Crippen molar-refractivity contribution in [1.29, 1.82) is 0 Å². The Morgan fingerprint density at radius 2 is 1.83 bits per heavy atom. The number of benzene rings is 1. The molecule has 0 unspecified atom stereocenters. The van der Waals surface area contributed by atoms with E-state index in [4.69, 9.17) is 28.0 Å². The summed E-state index contributed by atoms with van der Waals surface area (Å²) in [6.45, 7) is 0.859. The van der Waals surface area contributed by atoms with Gasteiger partial charge < -0.3 is 4.90 Å². The number of alkyl halides is 3. The van der Waals surface area contributed by atoms with Gasteiger partial charge >= 0.3 is 12.3 Å². The molecule has 1 N–H and O–H groups in total. The van der Waals surface area contributed by atoms with Gasteiger partial charge in [0.2, 0.25) is 0 Å². The number of oxime groups is 1. The molecule has 1 aliphatic rings. The van der Waals surface area contributed by atoms with Crippen LogP contribution in [0.5, 0.6) is 0 Å². The minimum Gasteiger partial charge on any atom is -0.355 e. The predicted octanol–water partition coefficient (Wildman–Crippen LogP) is 5.61. The summed E-state index contributed by atoms with van der Waals surface area (Å²) in [4.78, 5) is 22.2. The molecule has 0 saturated carbocycles. The maximum absolute atomic E-state index is 12.7. The minimum atomic E-state index is -4.50. The molecule has 1 aliphatic heterocycles. The van der Waals surface area contributed by atoms with Gasteiger partial charge in [0.1, 0.15) is 5.82 Å². The molecule has 6 nitrogen and oxygen atoms in total. The van der Waals surface area contributed by atoms with Crippen LogP contribution in [0, 0.1) is 0 Å². The number of nitrogens with zero attached hydrogens (tertiary/aromatic N) is 3. The first kappa shape index (κ1) is 21.2. The summed E-state index contributed by atoms with van der Waals surface area (Å²) in [5, 5.41) is 6.82. The van der Waals surface area contributed by atoms with Crippen molar-refractivity contribution in [3.05, 3.63) is 52.1 Å². The number of carbonyl (C=O) groups excluding carboxylic acids is 1. The van der Waals surface area contributed by atoms with Crippen LogP contribution < -0.4 is 10.2 Å². The minimum absolute atomic E-state index is 0.0705. The number of hydrogen-bond donors (Lipinski definition) is 1. The van der Waals surface area contributed by atoms with Crippen molar-refractivity contribution in [1.82, 2.24) is 4.98 Å². The largest absolute Gasteiger partial charge is 0.437 e. The fourth-order valence-corrected chi connectivity index (χ4v) is 3.08. The van der Waals surface area contributed by atoms with Crippen LogP contribution in [-0.4, -0.2) is 29.9 Å². The van der Waals surface area contributed by atoms with E-state index in [1.807, 2.05) is 0 Å². The van der Waals surface area contributed by atoms with Gasteiger partial charge in [0.15, 0.2) is 0 Å². The maximum atomic E-state index is 12.7. The first-order chi connectivity index (χ1) is 13.7. The molecule has 1 saturated heterocycles. The molecule has 1 fully saturated rings. The lowest BCUT2D eigenvalue weighted by Gasteiger charge is -2.29. The number of anilines is 2. The third kappa shape index (κ3) is 5.74. The molecule has 1 amide bonds. The molecule has 2 heterocycles. The smallest absolute Gasteiger partial charge is 0.355 e. The Hall–Kier alpha value is -2.52. The van der Waals surface area contributed by atoms with Crippen LogP contribution in [-0.2, 0) is 11.0 Å². The Labute approximate surface area is 174 Å². The van der Waals surface area contributed by atoms with E-state index in [0.717, 1.165) is 12.3 Å².